The van der Waals surface area contributed by atoms with Gasteiger partial charge < -0.3 is 24.4 Å². The molecular weight excluding hydrogens is 604 g/mol. The molecule has 2 N–H and O–H groups in total. The number of nitriles is 1. The first-order valence-corrected chi connectivity index (χ1v) is 15.3. The van der Waals surface area contributed by atoms with Crippen molar-refractivity contribution in [2.24, 2.45) is 0 Å². The Bertz CT molecular complexity index is 1870. The summed E-state index contributed by atoms with van der Waals surface area (Å²) in [6.07, 6.45) is 1.68. The van der Waals surface area contributed by atoms with Crippen LogP contribution in [0.5, 0.6) is 0 Å². The third-order valence-electron chi connectivity index (χ3n) is 7.72. The van der Waals surface area contributed by atoms with E-state index >= 15 is 8.78 Å². The predicted molar refractivity (Wildman–Crippen MR) is 166 cm³/mol. The van der Waals surface area contributed by atoms with Gasteiger partial charge >= 0.3 is 6.09 Å². The van der Waals surface area contributed by atoms with E-state index in [1.165, 1.54) is 0 Å². The summed E-state index contributed by atoms with van der Waals surface area (Å²) in [6.45, 7) is 10.6. The van der Waals surface area contributed by atoms with E-state index in [0.29, 0.717) is 35.6 Å². The van der Waals surface area contributed by atoms with Gasteiger partial charge in [-0.25, -0.2) is 23.5 Å². The number of anilines is 2. The molecule has 1 saturated heterocycles. The Labute approximate surface area is 262 Å². The van der Waals surface area contributed by atoms with Crippen LogP contribution >= 0.6 is 11.3 Å². The van der Waals surface area contributed by atoms with Gasteiger partial charge in [-0.1, -0.05) is 13.8 Å². The Morgan fingerprint density at radius 3 is 2.64 bits per heavy atom. The molecular formula is C31H33F2N7O4S. The van der Waals surface area contributed by atoms with Gasteiger partial charge in [-0.3, -0.25) is 10.3 Å². The number of ether oxygens (including phenoxy) is 3. The number of carbonyl (C=O) groups is 1. The molecule has 3 aromatic heterocycles. The second-order valence-electron chi connectivity index (χ2n) is 12.4. The first kappa shape index (κ1) is 31.0. The Hall–Kier alpha value is -4.03. The number of methoxy groups -OCH3 is 1. The molecule has 11 nitrogen and oxygen atoms in total. The van der Waals surface area contributed by atoms with Crippen molar-refractivity contribution in [2.75, 3.05) is 30.4 Å². The van der Waals surface area contributed by atoms with Crippen molar-refractivity contribution in [1.82, 2.24) is 20.3 Å². The van der Waals surface area contributed by atoms with Crippen LogP contribution in [-0.4, -0.2) is 65.0 Å². The van der Waals surface area contributed by atoms with Gasteiger partial charge in [0, 0.05) is 48.8 Å². The average molecular weight is 638 g/mol. The van der Waals surface area contributed by atoms with E-state index in [4.69, 9.17) is 14.2 Å². The predicted octanol–water partition coefficient (Wildman–Crippen LogP) is 5.64. The summed E-state index contributed by atoms with van der Waals surface area (Å²) in [7, 11) is 1.66. The summed E-state index contributed by atoms with van der Waals surface area (Å²) in [5.41, 5.74) is 0.557. The van der Waals surface area contributed by atoms with Crippen LogP contribution in [0.3, 0.4) is 0 Å². The average Bonchev–Trinajstić information content (AvgIpc) is 3.70. The van der Waals surface area contributed by atoms with E-state index in [1.54, 1.807) is 34.1 Å². The number of carbonyl (C=O) groups excluding carboxylic acids is 1. The highest BCUT2D eigenvalue weighted by Crippen LogP contribution is 2.46. The molecule has 1 aromatic carbocycles. The maximum Gasteiger partial charge on any atom is 0.412 e. The van der Waals surface area contributed by atoms with Crippen LogP contribution in [0, 0.1) is 23.0 Å². The number of rotatable bonds is 6. The van der Waals surface area contributed by atoms with Crippen LogP contribution in [-0.2, 0) is 27.4 Å². The third-order valence-corrected chi connectivity index (χ3v) is 8.83. The number of hydrogen-bond acceptors (Lipinski definition) is 11. The number of pyridine rings is 1. The SMILES string of the molecule is CO[C@H]1CN(c2ncc3c4c(c(-c5ncc(F)c6sc(NC(=O)OC(C)(C)C)c(C#N)c56)c(F)c3n2)COC4)C[C@@H]1NC(C)C. The fourth-order valence-electron chi connectivity index (χ4n) is 5.92. The molecule has 0 aliphatic carbocycles. The van der Waals surface area contributed by atoms with Gasteiger partial charge in [0.25, 0.3) is 0 Å². The smallest absolute Gasteiger partial charge is 0.412 e. The van der Waals surface area contributed by atoms with Gasteiger partial charge in [0.05, 0.1) is 47.5 Å². The zero-order valence-corrected chi connectivity index (χ0v) is 26.6. The minimum atomic E-state index is -0.806. The maximum absolute atomic E-state index is 16.8. The number of halogens is 2. The minimum Gasteiger partial charge on any atom is -0.444 e. The Kier molecular flexibility index (Phi) is 8.07. The number of amides is 1. The third kappa shape index (κ3) is 5.65. The zero-order chi connectivity index (χ0) is 32.2. The van der Waals surface area contributed by atoms with Crippen LogP contribution in [0.15, 0.2) is 12.4 Å². The highest BCUT2D eigenvalue weighted by atomic mass is 32.1. The van der Waals surface area contributed by atoms with E-state index in [1.807, 2.05) is 4.90 Å². The first-order valence-electron chi connectivity index (χ1n) is 14.5. The minimum absolute atomic E-state index is 0.0336. The normalized spacial score (nSPS) is 18.2. The molecule has 45 heavy (non-hydrogen) atoms. The molecule has 2 atom stereocenters. The second kappa shape index (κ2) is 11.7. The van der Waals surface area contributed by atoms with Crippen LogP contribution in [0.1, 0.15) is 51.3 Å². The molecule has 0 spiro atoms. The van der Waals surface area contributed by atoms with Gasteiger partial charge in [0.2, 0.25) is 5.95 Å². The first-order chi connectivity index (χ1) is 21.4. The Morgan fingerprint density at radius 2 is 1.96 bits per heavy atom. The summed E-state index contributed by atoms with van der Waals surface area (Å²) in [5.74, 6) is -1.05. The van der Waals surface area contributed by atoms with Gasteiger partial charge in [-0.15, -0.1) is 11.3 Å². The van der Waals surface area contributed by atoms with E-state index in [9.17, 15) is 10.1 Å². The van der Waals surface area contributed by atoms with Crippen LogP contribution < -0.4 is 15.5 Å². The number of aromatic nitrogens is 3. The highest BCUT2D eigenvalue weighted by molar-refractivity contribution is 7.23. The quantitative estimate of drug-likeness (QED) is 0.274. The van der Waals surface area contributed by atoms with Gasteiger partial charge in [-0.05, 0) is 31.9 Å². The van der Waals surface area contributed by atoms with E-state index in [-0.39, 0.29) is 68.8 Å². The number of nitrogens with one attached hydrogen (secondary N) is 2. The summed E-state index contributed by atoms with van der Waals surface area (Å²) < 4.78 is 48.8. The van der Waals surface area contributed by atoms with Crippen LogP contribution in [0.2, 0.25) is 0 Å². The molecule has 0 radical (unpaired) electrons. The van der Waals surface area contributed by atoms with Crippen LogP contribution in [0.4, 0.5) is 24.5 Å². The van der Waals surface area contributed by atoms with E-state index in [2.05, 4.69) is 45.5 Å². The van der Waals surface area contributed by atoms with Crippen molar-refractivity contribution in [3.05, 3.63) is 40.7 Å². The highest BCUT2D eigenvalue weighted by Gasteiger charge is 2.36. The lowest BCUT2D eigenvalue weighted by Gasteiger charge is -2.20. The molecule has 4 aromatic rings. The van der Waals surface area contributed by atoms with Crippen LogP contribution in [0.25, 0.3) is 32.2 Å². The Morgan fingerprint density at radius 1 is 1.20 bits per heavy atom. The van der Waals surface area contributed by atoms with Gasteiger partial charge in [0.15, 0.2) is 11.6 Å². The molecule has 0 saturated carbocycles. The maximum atomic E-state index is 16.8. The molecule has 2 aliphatic rings. The summed E-state index contributed by atoms with van der Waals surface area (Å²) in [4.78, 5) is 28.1. The fraction of sp³-hybridized carbons (Fsp3) is 0.452. The monoisotopic (exact) mass is 637 g/mol. The molecule has 6 rings (SSSR count). The van der Waals surface area contributed by atoms with Gasteiger partial charge in [-0.2, -0.15) is 5.26 Å². The van der Waals surface area contributed by atoms with Crippen molar-refractivity contribution in [3.8, 4) is 17.3 Å². The number of fused-ring (bicyclic) bond motifs is 4. The van der Waals surface area contributed by atoms with E-state index in [0.717, 1.165) is 17.5 Å². The van der Waals surface area contributed by atoms with Crippen molar-refractivity contribution in [1.29, 1.82) is 5.26 Å². The molecule has 5 heterocycles. The number of nitrogens with zero attached hydrogens (tertiary/aromatic N) is 5. The molecule has 1 fully saturated rings. The molecule has 1 amide bonds. The molecule has 2 aliphatic heterocycles. The number of thiophene rings is 1. The molecule has 236 valence electrons. The van der Waals surface area contributed by atoms with Crippen molar-refractivity contribution < 1.29 is 27.8 Å². The lowest BCUT2D eigenvalue weighted by Crippen LogP contribution is -2.43. The van der Waals surface area contributed by atoms with Crippen molar-refractivity contribution in [3.63, 3.8) is 0 Å². The lowest BCUT2D eigenvalue weighted by molar-refractivity contribution is 0.0636. The largest absolute Gasteiger partial charge is 0.444 e. The standard InChI is InChI=1S/C31H33F2N7O4S/c1-14(2)37-20-10-40(11-21(20)42-6)29-36-8-16-17-12-43-13-18(17)22(24(33)25(16)38-29)26-23-15(7-34)28(39-30(41)44-31(3,4)5)45-27(23)19(32)9-35-26/h8-9,14,20-21,37H,10-13H2,1-6H3,(H,39,41)/t20-,21-/m0/s1. The molecule has 14 heteroatoms. The van der Waals surface area contributed by atoms with E-state index < -0.39 is 23.3 Å². The second-order valence-corrected chi connectivity index (χ2v) is 13.4. The topological polar surface area (TPSA) is 135 Å². The number of benzene rings is 1. The molecule has 0 bridgehead atoms. The van der Waals surface area contributed by atoms with Crippen molar-refractivity contribution >= 4 is 49.4 Å². The zero-order valence-electron chi connectivity index (χ0n) is 25.7. The summed E-state index contributed by atoms with van der Waals surface area (Å²) >= 11 is 0.854. The summed E-state index contributed by atoms with van der Waals surface area (Å²) in [6, 6.07) is 2.32. The lowest BCUT2D eigenvalue weighted by atomic mass is 9.94. The summed E-state index contributed by atoms with van der Waals surface area (Å²) in [5, 5.41) is 16.9. The fourth-order valence-corrected chi connectivity index (χ4v) is 6.96. The Balaban J connectivity index is 1.50. The molecule has 0 unspecified atom stereocenters. The van der Waals surface area contributed by atoms with Gasteiger partial charge in [0.1, 0.15) is 22.2 Å². The van der Waals surface area contributed by atoms with Crippen molar-refractivity contribution in [2.45, 2.75) is 71.6 Å². The number of hydrogen-bond donors (Lipinski definition) is 2.